The van der Waals surface area contributed by atoms with E-state index in [2.05, 4.69) is 0 Å². The second-order valence-electron chi connectivity index (χ2n) is 2.30. The topological polar surface area (TPSA) is 49.0 Å². The Morgan fingerprint density at radius 1 is 1.27 bits per heavy atom. The third-order valence-electron chi connectivity index (χ3n) is 1.41. The van der Waals surface area contributed by atoms with Gasteiger partial charge < -0.3 is 0 Å². The van der Waals surface area contributed by atoms with Gasteiger partial charge in [0.25, 0.3) is 5.91 Å². The lowest BCUT2D eigenvalue weighted by molar-refractivity contribution is 0.0465. The number of hydrogen-bond donors (Lipinski definition) is 1. The molecule has 3 nitrogen and oxygen atoms in total. The van der Waals surface area contributed by atoms with Gasteiger partial charge in [-0.3, -0.25) is 4.79 Å². The molecule has 1 rings (SSSR count). The van der Waals surface area contributed by atoms with Gasteiger partial charge >= 0.3 is 0 Å². The Hall–Kier alpha value is -1.35. The van der Waals surface area contributed by atoms with Crippen molar-refractivity contribution in [2.24, 2.45) is 0 Å². The monoisotopic (exact) mass is 150 g/mol. The van der Waals surface area contributed by atoms with Crippen molar-refractivity contribution in [1.29, 1.82) is 0 Å². The Kier molecular flexibility index (Phi) is 2.23. The van der Waals surface area contributed by atoms with Gasteiger partial charge in [-0.25, -0.2) is 0 Å². The Balaban J connectivity index is 2.90. The fourth-order valence-corrected chi connectivity index (χ4v) is 0.764. The van der Waals surface area contributed by atoms with Gasteiger partial charge in [0.15, 0.2) is 0 Å². The molecule has 0 aliphatic rings. The van der Waals surface area contributed by atoms with Crippen LogP contribution in [0.15, 0.2) is 24.3 Å². The molecule has 1 radical (unpaired) electrons. The number of rotatable bonds is 1. The van der Waals surface area contributed by atoms with E-state index < -0.39 is 5.91 Å². The summed E-state index contributed by atoms with van der Waals surface area (Å²) in [5, 5.41) is 9.92. The summed E-state index contributed by atoms with van der Waals surface area (Å²) in [5.41, 5.74) is 2.77. The van der Waals surface area contributed by atoms with Crippen LogP contribution in [0.4, 0.5) is 0 Å². The molecule has 1 aromatic rings. The van der Waals surface area contributed by atoms with Gasteiger partial charge in [0.05, 0.1) is 0 Å². The molecular formula is C8H8NO2. The van der Waals surface area contributed by atoms with Crippen LogP contribution in [0.2, 0.25) is 0 Å². The number of nitrogens with one attached hydrogen (secondary N) is 1. The van der Waals surface area contributed by atoms with E-state index in [1.165, 1.54) is 5.48 Å². The summed E-state index contributed by atoms with van der Waals surface area (Å²) in [4.78, 5) is 10.7. The van der Waals surface area contributed by atoms with E-state index in [1.807, 2.05) is 6.92 Å². The van der Waals surface area contributed by atoms with Crippen LogP contribution >= 0.6 is 0 Å². The Morgan fingerprint density at radius 3 is 2.27 bits per heavy atom. The predicted octanol–water partition coefficient (Wildman–Crippen LogP) is 1.07. The molecule has 1 N–H and O–H groups in total. The maximum atomic E-state index is 10.7. The van der Waals surface area contributed by atoms with Crippen LogP contribution in [-0.2, 0) is 5.21 Å². The highest BCUT2D eigenvalue weighted by atomic mass is 16.5. The summed E-state index contributed by atoms with van der Waals surface area (Å²) in [5.74, 6) is -0.593. The normalized spacial score (nSPS) is 9.27. The largest absolute Gasteiger partial charge is 0.277 e. The molecule has 1 amide bonds. The molecule has 11 heavy (non-hydrogen) atoms. The van der Waals surface area contributed by atoms with Gasteiger partial charge in [-0.05, 0) is 19.1 Å². The minimum absolute atomic E-state index is 0.394. The first-order valence-electron chi connectivity index (χ1n) is 3.23. The van der Waals surface area contributed by atoms with Gasteiger partial charge in [-0.15, -0.1) is 0 Å². The standard InChI is InChI=1S/C8H8NO2/c1-6-2-4-7(5-3-6)8(10)9-11/h2-5H,1H3,(H,9,10). The molecule has 0 bridgehead atoms. The SMILES string of the molecule is Cc1ccc(C(=O)N[O])cc1. The number of hydrogen-bond acceptors (Lipinski definition) is 1. The summed E-state index contributed by atoms with van der Waals surface area (Å²) in [6.07, 6.45) is 0. The minimum Gasteiger partial charge on any atom is -0.267 e. The first kappa shape index (κ1) is 7.75. The highest BCUT2D eigenvalue weighted by Gasteiger charge is 2.01. The van der Waals surface area contributed by atoms with E-state index in [1.54, 1.807) is 24.3 Å². The Bertz CT molecular complexity index is 253. The third-order valence-corrected chi connectivity index (χ3v) is 1.41. The van der Waals surface area contributed by atoms with Crippen LogP contribution < -0.4 is 5.48 Å². The number of hydroxylamine groups is 1. The van der Waals surface area contributed by atoms with Crippen LogP contribution in [0.1, 0.15) is 15.9 Å². The fourth-order valence-electron chi connectivity index (χ4n) is 0.764. The number of aryl methyl sites for hydroxylation is 1. The van der Waals surface area contributed by atoms with E-state index in [9.17, 15) is 10.0 Å². The predicted molar refractivity (Wildman–Crippen MR) is 39.3 cm³/mol. The van der Waals surface area contributed by atoms with Crippen molar-refractivity contribution < 1.29 is 10.0 Å². The van der Waals surface area contributed by atoms with Crippen molar-refractivity contribution in [3.8, 4) is 0 Å². The summed E-state index contributed by atoms with van der Waals surface area (Å²) in [6.45, 7) is 1.92. The van der Waals surface area contributed by atoms with Gasteiger partial charge in [-0.1, -0.05) is 22.9 Å². The average molecular weight is 150 g/mol. The van der Waals surface area contributed by atoms with Crippen LogP contribution in [0.5, 0.6) is 0 Å². The van der Waals surface area contributed by atoms with Crippen molar-refractivity contribution in [3.63, 3.8) is 0 Å². The molecule has 1 aromatic carbocycles. The number of carbonyl (C=O) groups excluding carboxylic acids is 1. The maximum Gasteiger partial charge on any atom is 0.277 e. The first-order chi connectivity index (χ1) is 5.24. The molecule has 0 aliphatic carbocycles. The molecule has 3 heteroatoms. The van der Waals surface area contributed by atoms with E-state index in [0.717, 1.165) is 5.56 Å². The van der Waals surface area contributed by atoms with Gasteiger partial charge in [0, 0.05) is 5.56 Å². The van der Waals surface area contributed by atoms with Crippen LogP contribution in [0.25, 0.3) is 0 Å². The zero-order valence-electron chi connectivity index (χ0n) is 6.13. The zero-order chi connectivity index (χ0) is 8.27. The molecule has 0 aliphatic heterocycles. The first-order valence-corrected chi connectivity index (χ1v) is 3.23. The summed E-state index contributed by atoms with van der Waals surface area (Å²) >= 11 is 0. The van der Waals surface area contributed by atoms with E-state index >= 15 is 0 Å². The lowest BCUT2D eigenvalue weighted by Gasteiger charge is -1.96. The van der Waals surface area contributed by atoms with Gasteiger partial charge in [0.1, 0.15) is 0 Å². The molecule has 0 spiro atoms. The summed E-state index contributed by atoms with van der Waals surface area (Å²) in [6, 6.07) is 6.79. The molecule has 0 atom stereocenters. The molecule has 0 saturated heterocycles. The number of carbonyl (C=O) groups is 1. The summed E-state index contributed by atoms with van der Waals surface area (Å²) < 4.78 is 0. The second kappa shape index (κ2) is 3.16. The van der Waals surface area contributed by atoms with Crippen molar-refractivity contribution in [3.05, 3.63) is 35.4 Å². The smallest absolute Gasteiger partial charge is 0.267 e. The third kappa shape index (κ3) is 1.78. The Labute approximate surface area is 64.6 Å². The lowest BCUT2D eigenvalue weighted by atomic mass is 10.1. The fraction of sp³-hybridized carbons (Fsp3) is 0.125. The number of benzene rings is 1. The quantitative estimate of drug-likeness (QED) is 0.598. The molecule has 0 fully saturated rings. The van der Waals surface area contributed by atoms with Crippen LogP contribution in [0, 0.1) is 6.92 Å². The van der Waals surface area contributed by atoms with Crippen LogP contribution in [0.3, 0.4) is 0 Å². The van der Waals surface area contributed by atoms with Crippen molar-refractivity contribution in [2.45, 2.75) is 6.92 Å². The van der Waals surface area contributed by atoms with Crippen molar-refractivity contribution in [1.82, 2.24) is 5.48 Å². The van der Waals surface area contributed by atoms with Crippen molar-refractivity contribution >= 4 is 5.91 Å². The van der Waals surface area contributed by atoms with Gasteiger partial charge in [0.2, 0.25) is 0 Å². The highest BCUT2D eigenvalue weighted by molar-refractivity contribution is 5.93. The molecule has 0 saturated carbocycles. The molecule has 57 valence electrons. The minimum atomic E-state index is -0.593. The Morgan fingerprint density at radius 2 is 1.82 bits per heavy atom. The molecule has 0 unspecified atom stereocenters. The summed E-state index contributed by atoms with van der Waals surface area (Å²) in [7, 11) is 0. The average Bonchev–Trinajstić information content (AvgIpc) is 2.05. The molecular weight excluding hydrogens is 142 g/mol. The molecule has 0 heterocycles. The second-order valence-corrected chi connectivity index (χ2v) is 2.30. The number of amides is 1. The highest BCUT2D eigenvalue weighted by Crippen LogP contribution is 2.01. The van der Waals surface area contributed by atoms with Crippen LogP contribution in [-0.4, -0.2) is 5.91 Å². The van der Waals surface area contributed by atoms with Gasteiger partial charge in [-0.2, -0.15) is 5.48 Å². The van der Waals surface area contributed by atoms with Crippen molar-refractivity contribution in [2.75, 3.05) is 0 Å². The zero-order valence-corrected chi connectivity index (χ0v) is 6.13. The lowest BCUT2D eigenvalue weighted by Crippen LogP contribution is -2.16. The van der Waals surface area contributed by atoms with E-state index in [4.69, 9.17) is 0 Å². The van der Waals surface area contributed by atoms with E-state index in [0.29, 0.717) is 5.56 Å². The molecule has 0 aromatic heterocycles. The maximum absolute atomic E-state index is 10.7. The van der Waals surface area contributed by atoms with E-state index in [-0.39, 0.29) is 0 Å².